The number of piperidine rings is 3. The molecule has 5 aliphatic heterocycles. The molecule has 1 aromatic rings. The molecule has 6 heteroatoms. The van der Waals surface area contributed by atoms with Crippen LogP contribution >= 0.6 is 0 Å². The first kappa shape index (κ1) is 17.3. The first-order valence-electron chi connectivity index (χ1n) is 10.3. The largest absolute Gasteiger partial charge is 0.497 e. The molecule has 5 heterocycles. The molecule has 2 amide bonds. The molecule has 3 atom stereocenters. The molecule has 0 N–H and O–H groups in total. The lowest BCUT2D eigenvalue weighted by molar-refractivity contribution is -0.00722. The lowest BCUT2D eigenvalue weighted by Gasteiger charge is -2.51. The Hall–Kier alpha value is -1.79. The minimum atomic E-state index is 0.215. The van der Waals surface area contributed by atoms with Crippen molar-refractivity contribution >= 4 is 6.03 Å². The van der Waals surface area contributed by atoms with Crippen LogP contribution in [-0.4, -0.2) is 85.9 Å². The van der Waals surface area contributed by atoms with E-state index in [1.807, 2.05) is 11.0 Å². The number of hydrogen-bond acceptors (Lipinski definition) is 4. The highest BCUT2D eigenvalue weighted by Crippen LogP contribution is 2.47. The van der Waals surface area contributed by atoms with Gasteiger partial charge in [0.05, 0.1) is 26.4 Å². The molecular weight excluding hydrogens is 342 g/mol. The fraction of sp³-hybridized carbons (Fsp3) is 0.667. The number of morpholine rings is 1. The summed E-state index contributed by atoms with van der Waals surface area (Å²) in [7, 11) is 1.72. The van der Waals surface area contributed by atoms with E-state index in [1.165, 1.54) is 31.5 Å². The second-order valence-electron chi connectivity index (χ2n) is 8.27. The van der Waals surface area contributed by atoms with Crippen molar-refractivity contribution in [3.8, 4) is 5.75 Å². The monoisotopic (exact) mass is 371 g/mol. The number of methoxy groups -OCH3 is 1. The summed E-state index contributed by atoms with van der Waals surface area (Å²) in [5, 5.41) is 0. The summed E-state index contributed by atoms with van der Waals surface area (Å²) in [5.74, 6) is 1.90. The van der Waals surface area contributed by atoms with Gasteiger partial charge in [-0.3, -0.25) is 4.90 Å². The van der Waals surface area contributed by atoms with Crippen LogP contribution in [0.15, 0.2) is 24.3 Å². The van der Waals surface area contributed by atoms with Gasteiger partial charge in [0.15, 0.2) is 0 Å². The molecule has 2 bridgehead atoms. The first-order chi connectivity index (χ1) is 13.3. The maximum absolute atomic E-state index is 13.4. The topological polar surface area (TPSA) is 45.3 Å². The fourth-order valence-corrected chi connectivity index (χ4v) is 5.74. The van der Waals surface area contributed by atoms with Crippen LogP contribution < -0.4 is 4.74 Å². The maximum atomic E-state index is 13.4. The Bertz CT molecular complexity index is 698. The lowest BCUT2D eigenvalue weighted by Crippen LogP contribution is -2.62. The molecule has 5 saturated heterocycles. The number of carbonyl (C=O) groups is 1. The third-order valence-electron chi connectivity index (χ3n) is 7.04. The molecule has 0 aliphatic carbocycles. The minimum Gasteiger partial charge on any atom is -0.497 e. The van der Waals surface area contributed by atoms with Gasteiger partial charge in [0.1, 0.15) is 5.75 Å². The van der Waals surface area contributed by atoms with Crippen LogP contribution in [0.2, 0.25) is 0 Å². The molecule has 6 rings (SSSR count). The van der Waals surface area contributed by atoms with Gasteiger partial charge < -0.3 is 19.3 Å². The van der Waals surface area contributed by atoms with Gasteiger partial charge in [0.25, 0.3) is 0 Å². The lowest BCUT2D eigenvalue weighted by atomic mass is 9.75. The van der Waals surface area contributed by atoms with Crippen molar-refractivity contribution < 1.29 is 14.3 Å². The van der Waals surface area contributed by atoms with Gasteiger partial charge in [-0.25, -0.2) is 4.79 Å². The first-order valence-corrected chi connectivity index (χ1v) is 10.3. The number of ether oxygens (including phenoxy) is 2. The van der Waals surface area contributed by atoms with Crippen molar-refractivity contribution in [2.24, 2.45) is 5.92 Å². The summed E-state index contributed by atoms with van der Waals surface area (Å²) in [6.07, 6.45) is 2.44. The number of hydrogen-bond donors (Lipinski definition) is 0. The molecule has 6 nitrogen and oxygen atoms in total. The SMILES string of the molecule is COc1cccc([C@@H]2CN(C(=O)N3CCOCC3)[C@H]3C4CCN(CC4)[C@@H]23)c1. The summed E-state index contributed by atoms with van der Waals surface area (Å²) in [5.41, 5.74) is 1.30. The highest BCUT2D eigenvalue weighted by atomic mass is 16.5. The van der Waals surface area contributed by atoms with Crippen LogP contribution in [0, 0.1) is 5.92 Å². The van der Waals surface area contributed by atoms with Crippen molar-refractivity contribution in [2.45, 2.75) is 30.8 Å². The molecule has 0 unspecified atom stereocenters. The second-order valence-corrected chi connectivity index (χ2v) is 8.27. The van der Waals surface area contributed by atoms with E-state index in [2.05, 4.69) is 28.0 Å². The predicted octanol–water partition coefficient (Wildman–Crippen LogP) is 2.01. The van der Waals surface area contributed by atoms with E-state index in [-0.39, 0.29) is 6.03 Å². The molecule has 0 spiro atoms. The van der Waals surface area contributed by atoms with Crippen molar-refractivity contribution in [3.05, 3.63) is 29.8 Å². The number of likely N-dealkylation sites (tertiary alicyclic amines) is 1. The number of rotatable bonds is 2. The van der Waals surface area contributed by atoms with E-state index in [9.17, 15) is 4.79 Å². The normalized spacial score (nSPS) is 35.2. The molecule has 0 saturated carbocycles. The third kappa shape index (κ3) is 2.90. The van der Waals surface area contributed by atoms with Crippen LogP contribution in [-0.2, 0) is 4.74 Å². The number of nitrogens with zero attached hydrogens (tertiary/aromatic N) is 3. The predicted molar refractivity (Wildman–Crippen MR) is 102 cm³/mol. The Morgan fingerprint density at radius 2 is 1.89 bits per heavy atom. The molecule has 27 heavy (non-hydrogen) atoms. The van der Waals surface area contributed by atoms with Crippen LogP contribution in [0.4, 0.5) is 4.79 Å². The van der Waals surface area contributed by atoms with Crippen molar-refractivity contribution in [2.75, 3.05) is 53.0 Å². The van der Waals surface area contributed by atoms with Crippen molar-refractivity contribution in [1.82, 2.24) is 14.7 Å². The number of benzene rings is 1. The summed E-state index contributed by atoms with van der Waals surface area (Å²) in [6, 6.07) is 9.44. The zero-order chi connectivity index (χ0) is 18.4. The van der Waals surface area contributed by atoms with E-state index in [0.717, 1.165) is 12.3 Å². The summed E-state index contributed by atoms with van der Waals surface area (Å²) >= 11 is 0. The van der Waals surface area contributed by atoms with Crippen LogP contribution in [0.1, 0.15) is 24.3 Å². The summed E-state index contributed by atoms with van der Waals surface area (Å²) in [6.45, 7) is 5.89. The highest BCUT2D eigenvalue weighted by molar-refractivity contribution is 5.76. The van der Waals surface area contributed by atoms with Crippen LogP contribution in [0.3, 0.4) is 0 Å². The second kappa shape index (κ2) is 6.99. The highest BCUT2D eigenvalue weighted by Gasteiger charge is 2.55. The molecule has 5 aliphatic rings. The Kier molecular flexibility index (Phi) is 4.48. The van der Waals surface area contributed by atoms with E-state index < -0.39 is 0 Å². The standard InChI is InChI=1S/C21H29N3O3/c1-26-17-4-2-3-16(13-17)18-14-24(21(25)23-9-11-27-12-10-23)19-15-5-7-22(8-6-15)20(18)19/h2-4,13,15,18-20H,5-12,14H2,1H3/t18-,19-,20-/m0/s1. The molecular formula is C21H29N3O3. The zero-order valence-corrected chi connectivity index (χ0v) is 16.0. The minimum absolute atomic E-state index is 0.215. The van der Waals surface area contributed by atoms with Gasteiger partial charge in [-0.1, -0.05) is 12.1 Å². The Labute approximate surface area is 161 Å². The Morgan fingerprint density at radius 1 is 1.11 bits per heavy atom. The fourth-order valence-electron chi connectivity index (χ4n) is 5.74. The average molecular weight is 371 g/mol. The zero-order valence-electron chi connectivity index (χ0n) is 16.0. The van der Waals surface area contributed by atoms with E-state index in [1.54, 1.807) is 7.11 Å². The average Bonchev–Trinajstić information content (AvgIpc) is 3.18. The van der Waals surface area contributed by atoms with Crippen LogP contribution in [0.5, 0.6) is 5.75 Å². The number of fused-ring (bicyclic) bond motifs is 2. The van der Waals surface area contributed by atoms with Crippen molar-refractivity contribution in [1.29, 1.82) is 0 Å². The van der Waals surface area contributed by atoms with Gasteiger partial charge >= 0.3 is 6.03 Å². The van der Waals surface area contributed by atoms with E-state index >= 15 is 0 Å². The smallest absolute Gasteiger partial charge is 0.320 e. The molecule has 1 aromatic carbocycles. The molecule has 0 radical (unpaired) electrons. The summed E-state index contributed by atoms with van der Waals surface area (Å²) in [4.78, 5) is 20.2. The van der Waals surface area contributed by atoms with E-state index in [4.69, 9.17) is 9.47 Å². The van der Waals surface area contributed by atoms with Gasteiger partial charge in [0.2, 0.25) is 0 Å². The van der Waals surface area contributed by atoms with Crippen LogP contribution in [0.25, 0.3) is 0 Å². The molecule has 0 aromatic heterocycles. The number of urea groups is 1. The quantitative estimate of drug-likeness (QED) is 0.798. The van der Waals surface area contributed by atoms with E-state index in [0.29, 0.717) is 50.2 Å². The van der Waals surface area contributed by atoms with Gasteiger partial charge in [-0.05, 0) is 49.5 Å². The van der Waals surface area contributed by atoms with Gasteiger partial charge in [0, 0.05) is 31.6 Å². The van der Waals surface area contributed by atoms with Gasteiger partial charge in [-0.15, -0.1) is 0 Å². The molecule has 146 valence electrons. The number of carbonyl (C=O) groups excluding carboxylic acids is 1. The Morgan fingerprint density at radius 3 is 2.63 bits per heavy atom. The maximum Gasteiger partial charge on any atom is 0.320 e. The summed E-state index contributed by atoms with van der Waals surface area (Å²) < 4.78 is 10.9. The Balaban J connectivity index is 1.47. The van der Waals surface area contributed by atoms with Gasteiger partial charge in [-0.2, -0.15) is 0 Å². The third-order valence-corrected chi connectivity index (χ3v) is 7.04. The molecule has 5 fully saturated rings. The van der Waals surface area contributed by atoms with Crippen molar-refractivity contribution in [3.63, 3.8) is 0 Å². The number of amides is 2.